The van der Waals surface area contributed by atoms with Crippen LogP contribution in [0.3, 0.4) is 0 Å². The minimum atomic E-state index is -4.60. The maximum Gasteiger partial charge on any atom is 0.416 e. The molecule has 0 spiro atoms. The van der Waals surface area contributed by atoms with Crippen molar-refractivity contribution in [1.82, 2.24) is 5.32 Å². The van der Waals surface area contributed by atoms with Gasteiger partial charge in [0.2, 0.25) is 0 Å². The molecule has 0 aliphatic carbocycles. The molecule has 25 heavy (non-hydrogen) atoms. The molecule has 1 rings (SSSR count). The lowest BCUT2D eigenvalue weighted by molar-refractivity contribution is -0.146. The van der Waals surface area contributed by atoms with Crippen molar-refractivity contribution in [3.63, 3.8) is 0 Å². The third-order valence-electron chi connectivity index (χ3n) is 3.48. The fourth-order valence-electron chi connectivity index (χ4n) is 2.09. The Hall–Kier alpha value is -2.58. The minimum Gasteiger partial charge on any atom is -0.469 e. The molecule has 0 aliphatic heterocycles. The predicted molar refractivity (Wildman–Crippen MR) is 80.5 cm³/mol. The summed E-state index contributed by atoms with van der Waals surface area (Å²) in [4.78, 5) is 35.4. The zero-order valence-corrected chi connectivity index (χ0v) is 13.8. The maximum atomic E-state index is 12.7. The van der Waals surface area contributed by atoms with Gasteiger partial charge in [-0.15, -0.1) is 0 Å². The van der Waals surface area contributed by atoms with E-state index in [1.807, 2.05) is 0 Å². The number of hydrogen-bond donors (Lipinski definition) is 1. The predicted octanol–water partition coefficient (Wildman–Crippen LogP) is 2.18. The molecule has 0 fully saturated rings. The van der Waals surface area contributed by atoms with Gasteiger partial charge in [0.25, 0.3) is 5.91 Å². The first-order valence-electron chi connectivity index (χ1n) is 7.23. The van der Waals surface area contributed by atoms with Gasteiger partial charge in [0.1, 0.15) is 6.04 Å². The number of ether oxygens (including phenoxy) is 2. The number of benzene rings is 1. The highest BCUT2D eigenvalue weighted by Gasteiger charge is 2.32. The number of amides is 1. The summed E-state index contributed by atoms with van der Waals surface area (Å²) in [6.45, 7) is 1.50. The Balaban J connectivity index is 2.99. The van der Waals surface area contributed by atoms with Gasteiger partial charge in [-0.3, -0.25) is 9.59 Å². The number of rotatable bonds is 6. The summed E-state index contributed by atoms with van der Waals surface area (Å²) in [5.74, 6) is -3.00. The molecule has 0 bridgehead atoms. The van der Waals surface area contributed by atoms with Crippen molar-refractivity contribution < 1.29 is 37.0 Å². The summed E-state index contributed by atoms with van der Waals surface area (Å²) in [6, 6.07) is 2.56. The number of halogens is 3. The number of carbonyl (C=O) groups is 3. The number of carbonyl (C=O) groups excluding carboxylic acids is 3. The third kappa shape index (κ3) is 5.77. The van der Waals surface area contributed by atoms with Crippen molar-refractivity contribution in [3.8, 4) is 0 Å². The molecular weight excluding hydrogens is 343 g/mol. The third-order valence-corrected chi connectivity index (χ3v) is 3.48. The molecule has 0 aromatic heterocycles. The van der Waals surface area contributed by atoms with Crippen LogP contribution in [0.15, 0.2) is 24.3 Å². The monoisotopic (exact) mass is 361 g/mol. The van der Waals surface area contributed by atoms with Crippen molar-refractivity contribution in [3.05, 3.63) is 35.4 Å². The van der Waals surface area contributed by atoms with Gasteiger partial charge in [-0.1, -0.05) is 13.0 Å². The second kappa shape index (κ2) is 8.50. The van der Waals surface area contributed by atoms with Gasteiger partial charge >= 0.3 is 18.1 Å². The standard InChI is InChI=1S/C16H18F3NO5/c1-9(7-12(21)24-2)13(15(23)25-3)20-14(22)10-5-4-6-11(8-10)16(17,18)19/h4-6,8-9,13H,7H2,1-3H3,(H,20,22)/t9-,13-/m1/s1. The maximum absolute atomic E-state index is 12.7. The van der Waals surface area contributed by atoms with E-state index in [4.69, 9.17) is 0 Å². The average molecular weight is 361 g/mol. The minimum absolute atomic E-state index is 0.181. The molecule has 0 radical (unpaired) electrons. The van der Waals surface area contributed by atoms with Gasteiger partial charge in [-0.25, -0.2) is 4.79 Å². The highest BCUT2D eigenvalue weighted by atomic mass is 19.4. The highest BCUT2D eigenvalue weighted by Crippen LogP contribution is 2.29. The van der Waals surface area contributed by atoms with E-state index in [0.717, 1.165) is 19.2 Å². The first-order chi connectivity index (χ1) is 11.6. The van der Waals surface area contributed by atoms with Crippen LogP contribution in [-0.2, 0) is 25.2 Å². The topological polar surface area (TPSA) is 81.7 Å². The molecule has 0 saturated carbocycles. The van der Waals surface area contributed by atoms with E-state index in [-0.39, 0.29) is 12.0 Å². The molecule has 1 amide bonds. The van der Waals surface area contributed by atoms with E-state index < -0.39 is 41.5 Å². The first-order valence-corrected chi connectivity index (χ1v) is 7.23. The Morgan fingerprint density at radius 3 is 2.32 bits per heavy atom. The Morgan fingerprint density at radius 2 is 1.80 bits per heavy atom. The van der Waals surface area contributed by atoms with Crippen LogP contribution >= 0.6 is 0 Å². The molecule has 0 unspecified atom stereocenters. The van der Waals surface area contributed by atoms with Crippen LogP contribution < -0.4 is 5.32 Å². The Morgan fingerprint density at radius 1 is 1.16 bits per heavy atom. The zero-order valence-electron chi connectivity index (χ0n) is 13.8. The summed E-state index contributed by atoms with van der Waals surface area (Å²) in [7, 11) is 2.26. The number of methoxy groups -OCH3 is 2. The van der Waals surface area contributed by atoms with Crippen LogP contribution in [0.25, 0.3) is 0 Å². The summed E-state index contributed by atoms with van der Waals surface area (Å²) in [5, 5.41) is 2.30. The van der Waals surface area contributed by atoms with Crippen LogP contribution in [0.4, 0.5) is 13.2 Å². The fourth-order valence-corrected chi connectivity index (χ4v) is 2.09. The van der Waals surface area contributed by atoms with Crippen molar-refractivity contribution in [1.29, 1.82) is 0 Å². The van der Waals surface area contributed by atoms with Gasteiger partial charge in [0, 0.05) is 5.56 Å². The van der Waals surface area contributed by atoms with E-state index in [0.29, 0.717) is 6.07 Å². The van der Waals surface area contributed by atoms with Crippen LogP contribution in [0.5, 0.6) is 0 Å². The summed E-state index contributed by atoms with van der Waals surface area (Å²) in [5.41, 5.74) is -1.26. The van der Waals surface area contributed by atoms with Crippen molar-refractivity contribution >= 4 is 17.8 Å². The van der Waals surface area contributed by atoms with Crippen LogP contribution in [0.1, 0.15) is 29.3 Å². The van der Waals surface area contributed by atoms with Crippen LogP contribution in [0, 0.1) is 5.92 Å². The van der Waals surface area contributed by atoms with Gasteiger partial charge < -0.3 is 14.8 Å². The number of esters is 2. The lowest BCUT2D eigenvalue weighted by Gasteiger charge is -2.22. The van der Waals surface area contributed by atoms with Gasteiger partial charge in [-0.2, -0.15) is 13.2 Å². The molecule has 0 aliphatic rings. The molecule has 1 aromatic carbocycles. The largest absolute Gasteiger partial charge is 0.469 e. The van der Waals surface area contributed by atoms with Gasteiger partial charge in [-0.05, 0) is 24.1 Å². The lowest BCUT2D eigenvalue weighted by atomic mass is 9.97. The Labute approximate surface area is 142 Å². The van der Waals surface area contributed by atoms with Crippen LogP contribution in [0.2, 0.25) is 0 Å². The van der Waals surface area contributed by atoms with Crippen molar-refractivity contribution in [2.24, 2.45) is 5.92 Å². The summed E-state index contributed by atoms with van der Waals surface area (Å²) < 4.78 is 47.3. The molecule has 138 valence electrons. The normalized spacial score (nSPS) is 13.5. The molecule has 2 atom stereocenters. The van der Waals surface area contributed by atoms with Crippen LogP contribution in [-0.4, -0.2) is 38.1 Å². The molecule has 1 N–H and O–H groups in total. The summed E-state index contributed by atoms with van der Waals surface area (Å²) >= 11 is 0. The zero-order chi connectivity index (χ0) is 19.2. The molecular formula is C16H18F3NO5. The molecule has 9 heteroatoms. The van der Waals surface area contributed by atoms with E-state index in [9.17, 15) is 27.6 Å². The van der Waals surface area contributed by atoms with Gasteiger partial charge in [0.05, 0.1) is 26.2 Å². The van der Waals surface area contributed by atoms with E-state index in [1.165, 1.54) is 20.1 Å². The molecule has 1 aromatic rings. The lowest BCUT2D eigenvalue weighted by Crippen LogP contribution is -2.46. The second-order valence-electron chi connectivity index (χ2n) is 5.31. The number of alkyl halides is 3. The van der Waals surface area contributed by atoms with E-state index in [1.54, 1.807) is 0 Å². The second-order valence-corrected chi connectivity index (χ2v) is 5.31. The fraction of sp³-hybridized carbons (Fsp3) is 0.438. The first kappa shape index (κ1) is 20.5. The molecule has 6 nitrogen and oxygen atoms in total. The average Bonchev–Trinajstić information content (AvgIpc) is 2.57. The molecule has 0 heterocycles. The van der Waals surface area contributed by atoms with E-state index in [2.05, 4.69) is 14.8 Å². The SMILES string of the molecule is COC(=O)C[C@@H](C)[C@@H](NC(=O)c1cccc(C(F)(F)F)c1)C(=O)OC. The Bertz CT molecular complexity index is 645. The highest BCUT2D eigenvalue weighted by molar-refractivity contribution is 5.97. The van der Waals surface area contributed by atoms with Crippen molar-refractivity contribution in [2.45, 2.75) is 25.6 Å². The Kier molecular flexibility index (Phi) is 6.96. The van der Waals surface area contributed by atoms with Crippen molar-refractivity contribution in [2.75, 3.05) is 14.2 Å². The number of nitrogens with one attached hydrogen (secondary N) is 1. The number of hydrogen-bond acceptors (Lipinski definition) is 5. The van der Waals surface area contributed by atoms with E-state index >= 15 is 0 Å². The smallest absolute Gasteiger partial charge is 0.416 e. The quantitative estimate of drug-likeness (QED) is 0.786. The summed E-state index contributed by atoms with van der Waals surface area (Å²) in [6.07, 6.45) is -4.78. The van der Waals surface area contributed by atoms with Gasteiger partial charge in [0.15, 0.2) is 0 Å². The molecule has 0 saturated heterocycles.